The van der Waals surface area contributed by atoms with E-state index in [1.165, 1.54) is 38.0 Å². The molecule has 1 aliphatic rings. The lowest BCUT2D eigenvalue weighted by Gasteiger charge is -2.32. The van der Waals surface area contributed by atoms with Crippen LogP contribution in [0.25, 0.3) is 0 Å². The van der Waals surface area contributed by atoms with Crippen LogP contribution >= 0.6 is 11.8 Å². The van der Waals surface area contributed by atoms with Crippen molar-refractivity contribution in [2.24, 2.45) is 0 Å². The van der Waals surface area contributed by atoms with Crippen molar-refractivity contribution in [3.8, 4) is 34.5 Å². The molecule has 2 heterocycles. The summed E-state index contributed by atoms with van der Waals surface area (Å²) in [6.07, 6.45) is 0. The minimum atomic E-state index is -1.15. The van der Waals surface area contributed by atoms with Gasteiger partial charge in [-0.15, -0.1) is 0 Å². The first-order valence-corrected chi connectivity index (χ1v) is 15.6. The van der Waals surface area contributed by atoms with Gasteiger partial charge in [0.05, 0.1) is 34.2 Å². The molecule has 0 radical (unpaired) electrons. The van der Waals surface area contributed by atoms with E-state index in [0.717, 1.165) is 17.0 Å². The smallest absolute Gasteiger partial charge is 0.251 e. The molecule has 246 valence electrons. The van der Waals surface area contributed by atoms with Gasteiger partial charge in [-0.1, -0.05) is 23.9 Å². The van der Waals surface area contributed by atoms with Gasteiger partial charge in [0.1, 0.15) is 11.8 Å². The number of fused-ring (bicyclic) bond motifs is 1. The largest absolute Gasteiger partial charge is 0.497 e. The average molecular weight is 661 g/mol. The molecule has 0 aliphatic carbocycles. The molecule has 5 rings (SSSR count). The van der Waals surface area contributed by atoms with Crippen molar-refractivity contribution in [1.82, 2.24) is 14.9 Å². The summed E-state index contributed by atoms with van der Waals surface area (Å²) in [5, 5.41) is 3.44. The third kappa shape index (κ3) is 7.80. The lowest BCUT2D eigenvalue weighted by atomic mass is 10.0. The average Bonchev–Trinajstić information content (AvgIpc) is 3.54. The molecule has 0 fully saturated rings. The Kier molecular flexibility index (Phi) is 10.6. The normalized spacial score (nSPS) is 12.2. The number of methoxy groups -OCH3 is 4. The number of nitrogens with zero attached hydrogens (tertiary/aromatic N) is 3. The Hall–Kier alpha value is -5.17. The molecule has 2 amide bonds. The third-order valence-corrected chi connectivity index (χ3v) is 8.15. The van der Waals surface area contributed by atoms with Crippen molar-refractivity contribution >= 4 is 29.3 Å². The molecule has 0 spiro atoms. The molecule has 0 saturated carbocycles. The monoisotopic (exact) mass is 660 g/mol. The first-order valence-electron chi connectivity index (χ1n) is 14.6. The summed E-state index contributed by atoms with van der Waals surface area (Å²) in [6.45, 7) is 3.93. The SMILES string of the molecule is COc1ccc(CN(C(=O)CSc2nc(C)cc(C)n2)C(C(=O)Nc2ccc3c(c2)OCO3)c2cc(OC)c(OC)c(OC)c2)cc1. The number of carbonyl (C=O) groups is 2. The van der Waals surface area contributed by atoms with Gasteiger partial charge in [0.25, 0.3) is 5.91 Å². The van der Waals surface area contributed by atoms with Crippen LogP contribution in [-0.2, 0) is 16.1 Å². The van der Waals surface area contributed by atoms with E-state index in [1.807, 2.05) is 32.0 Å². The van der Waals surface area contributed by atoms with Gasteiger partial charge in [0.15, 0.2) is 28.2 Å². The molecule has 0 bridgehead atoms. The minimum Gasteiger partial charge on any atom is -0.497 e. The summed E-state index contributed by atoms with van der Waals surface area (Å²) in [4.78, 5) is 39.2. The summed E-state index contributed by atoms with van der Waals surface area (Å²) in [5.74, 6) is 1.92. The second-order valence-electron chi connectivity index (χ2n) is 10.5. The first kappa shape index (κ1) is 33.2. The van der Waals surface area contributed by atoms with Crippen LogP contribution < -0.4 is 33.7 Å². The molecule has 1 N–H and O–H groups in total. The Morgan fingerprint density at radius 1 is 0.851 bits per heavy atom. The highest BCUT2D eigenvalue weighted by Crippen LogP contribution is 2.42. The maximum absolute atomic E-state index is 14.4. The van der Waals surface area contributed by atoms with E-state index in [-0.39, 0.29) is 25.0 Å². The van der Waals surface area contributed by atoms with E-state index >= 15 is 0 Å². The topological polar surface area (TPSA) is 131 Å². The number of ether oxygens (including phenoxy) is 6. The molecular formula is C34H36N4O8S. The Morgan fingerprint density at radius 3 is 2.13 bits per heavy atom. The fraction of sp³-hybridized carbons (Fsp3) is 0.294. The maximum Gasteiger partial charge on any atom is 0.251 e. The van der Waals surface area contributed by atoms with Gasteiger partial charge in [-0.2, -0.15) is 0 Å². The summed E-state index contributed by atoms with van der Waals surface area (Å²) in [5.41, 5.74) is 3.26. The van der Waals surface area contributed by atoms with Crippen LogP contribution in [-0.4, -0.2) is 67.7 Å². The number of nitrogens with one attached hydrogen (secondary N) is 1. The van der Waals surface area contributed by atoms with Gasteiger partial charge in [0, 0.05) is 29.7 Å². The van der Waals surface area contributed by atoms with Crippen molar-refractivity contribution in [3.05, 3.63) is 83.2 Å². The summed E-state index contributed by atoms with van der Waals surface area (Å²) >= 11 is 1.20. The molecule has 1 unspecified atom stereocenters. The quantitative estimate of drug-likeness (QED) is 0.147. The van der Waals surface area contributed by atoms with Gasteiger partial charge in [-0.25, -0.2) is 9.97 Å². The number of amides is 2. The summed E-state index contributed by atoms with van der Waals surface area (Å²) < 4.78 is 33.1. The summed E-state index contributed by atoms with van der Waals surface area (Å²) in [7, 11) is 6.06. The molecule has 0 saturated heterocycles. The van der Waals surface area contributed by atoms with Crippen LogP contribution in [0.5, 0.6) is 34.5 Å². The second kappa shape index (κ2) is 14.9. The lowest BCUT2D eigenvalue weighted by Crippen LogP contribution is -2.42. The number of hydrogen-bond acceptors (Lipinski definition) is 11. The summed E-state index contributed by atoms with van der Waals surface area (Å²) in [6, 6.07) is 16.5. The predicted octanol–water partition coefficient (Wildman–Crippen LogP) is 5.36. The molecule has 1 atom stereocenters. The van der Waals surface area contributed by atoms with Gasteiger partial charge in [-0.05, 0) is 67.4 Å². The number of aromatic nitrogens is 2. The van der Waals surface area contributed by atoms with E-state index in [2.05, 4.69) is 15.3 Å². The highest BCUT2D eigenvalue weighted by atomic mass is 32.2. The standard InChI is InChI=1S/C34H36N4O8S/c1-20-13-21(2)36-34(35-20)47-18-30(39)38(17-22-7-10-25(41-3)11-8-22)31(23-14-28(42-4)32(44-6)29(15-23)43-5)33(40)37-24-9-12-26-27(16-24)46-19-45-26/h7-16,31H,17-19H2,1-6H3,(H,37,40). The highest BCUT2D eigenvalue weighted by Gasteiger charge is 2.34. The zero-order chi connectivity index (χ0) is 33.5. The number of hydrogen-bond donors (Lipinski definition) is 1. The second-order valence-corrected chi connectivity index (χ2v) is 11.5. The van der Waals surface area contributed by atoms with Crippen LogP contribution in [0.15, 0.2) is 65.8 Å². The zero-order valence-corrected chi connectivity index (χ0v) is 27.8. The van der Waals surface area contributed by atoms with E-state index in [1.54, 1.807) is 49.6 Å². The van der Waals surface area contributed by atoms with Gasteiger partial charge >= 0.3 is 0 Å². The minimum absolute atomic E-state index is 0.0305. The number of aryl methyl sites for hydroxylation is 2. The van der Waals surface area contributed by atoms with Crippen LogP contribution in [0.1, 0.15) is 28.6 Å². The number of benzene rings is 3. The molecule has 47 heavy (non-hydrogen) atoms. The predicted molar refractivity (Wildman–Crippen MR) is 176 cm³/mol. The molecule has 3 aromatic carbocycles. The van der Waals surface area contributed by atoms with E-state index in [9.17, 15) is 9.59 Å². The van der Waals surface area contributed by atoms with Crippen LogP contribution in [0.2, 0.25) is 0 Å². The van der Waals surface area contributed by atoms with Gasteiger partial charge in [0.2, 0.25) is 18.4 Å². The Labute approximate surface area is 277 Å². The number of anilines is 1. The number of thioether (sulfide) groups is 1. The number of rotatable bonds is 13. The third-order valence-electron chi connectivity index (χ3n) is 7.32. The van der Waals surface area contributed by atoms with Crippen LogP contribution in [0.4, 0.5) is 5.69 Å². The highest BCUT2D eigenvalue weighted by molar-refractivity contribution is 7.99. The van der Waals surface area contributed by atoms with Crippen molar-refractivity contribution in [2.75, 3.05) is 46.3 Å². The molecule has 12 nitrogen and oxygen atoms in total. The molecule has 4 aromatic rings. The van der Waals surface area contributed by atoms with Gasteiger partial charge in [-0.3, -0.25) is 9.59 Å². The first-order chi connectivity index (χ1) is 22.7. The fourth-order valence-corrected chi connectivity index (χ4v) is 5.97. The Bertz CT molecular complexity index is 1710. The van der Waals surface area contributed by atoms with Crippen LogP contribution in [0, 0.1) is 13.8 Å². The van der Waals surface area contributed by atoms with E-state index in [0.29, 0.717) is 50.9 Å². The number of carbonyl (C=O) groups excluding carboxylic acids is 2. The van der Waals surface area contributed by atoms with Gasteiger partial charge < -0.3 is 38.6 Å². The maximum atomic E-state index is 14.4. The zero-order valence-electron chi connectivity index (χ0n) is 27.0. The lowest BCUT2D eigenvalue weighted by molar-refractivity contribution is -0.137. The van der Waals surface area contributed by atoms with Crippen molar-refractivity contribution < 1.29 is 38.0 Å². The molecule has 1 aliphatic heterocycles. The van der Waals surface area contributed by atoms with Crippen molar-refractivity contribution in [3.63, 3.8) is 0 Å². The van der Waals surface area contributed by atoms with Crippen LogP contribution in [0.3, 0.4) is 0 Å². The van der Waals surface area contributed by atoms with Crippen molar-refractivity contribution in [1.29, 1.82) is 0 Å². The molecular weight excluding hydrogens is 624 g/mol. The Balaban J connectivity index is 1.58. The fourth-order valence-electron chi connectivity index (χ4n) is 5.14. The van der Waals surface area contributed by atoms with Crippen molar-refractivity contribution in [2.45, 2.75) is 31.6 Å². The van der Waals surface area contributed by atoms with E-state index in [4.69, 9.17) is 28.4 Å². The van der Waals surface area contributed by atoms with E-state index < -0.39 is 11.9 Å². The molecule has 1 aromatic heterocycles. The Morgan fingerprint density at radius 2 is 1.51 bits per heavy atom. The molecule has 13 heteroatoms.